The summed E-state index contributed by atoms with van der Waals surface area (Å²) in [6, 6.07) is 9.12. The fourth-order valence-electron chi connectivity index (χ4n) is 5.27. The van der Waals surface area contributed by atoms with Crippen LogP contribution < -0.4 is 14.8 Å². The first kappa shape index (κ1) is 35.1. The summed E-state index contributed by atoms with van der Waals surface area (Å²) in [4.78, 5) is 24.7. The number of fused-ring (bicyclic) bond motifs is 1. The molecule has 1 aliphatic carbocycles. The third-order valence-electron chi connectivity index (χ3n) is 7.50. The molecule has 19 heteroatoms. The first-order valence-corrected chi connectivity index (χ1v) is 16.8. The van der Waals surface area contributed by atoms with Crippen LogP contribution in [0.1, 0.15) is 54.0 Å². The van der Waals surface area contributed by atoms with Crippen LogP contribution in [0.5, 0.6) is 0 Å². The van der Waals surface area contributed by atoms with Crippen molar-refractivity contribution in [1.82, 2.24) is 14.8 Å². The lowest BCUT2D eigenvalue weighted by Crippen LogP contribution is -2.48. The summed E-state index contributed by atoms with van der Waals surface area (Å²) in [5, 5.41) is 9.42. The molecular formula is C27H28F6N4O7S2. The van der Waals surface area contributed by atoms with Gasteiger partial charge in [0, 0.05) is 6.04 Å². The molecule has 3 aliphatic rings. The van der Waals surface area contributed by atoms with Crippen LogP contribution in [0.25, 0.3) is 0 Å². The first-order valence-electron chi connectivity index (χ1n) is 13.7. The number of carboxylic acid groups (broad SMARTS) is 1. The van der Waals surface area contributed by atoms with Gasteiger partial charge in [-0.2, -0.15) is 26.3 Å². The SMILES string of the molecule is O=C(O)C(F)(F)F.O=C1CC(c2ccc(CC(NS(=O)(=O)c3cccc(C(F)(F)F)c3)C3=N[C@H]4CCCC[C@H]4N3)cc2)S(=O)(=O)N1. The molecule has 0 aromatic heterocycles. The maximum absolute atomic E-state index is 13.2. The molecule has 1 saturated carbocycles. The predicted molar refractivity (Wildman–Crippen MR) is 150 cm³/mol. The average molecular weight is 699 g/mol. The van der Waals surface area contributed by atoms with Gasteiger partial charge in [0.05, 0.1) is 29.0 Å². The van der Waals surface area contributed by atoms with Crippen molar-refractivity contribution in [2.45, 2.75) is 79.1 Å². The van der Waals surface area contributed by atoms with Gasteiger partial charge < -0.3 is 10.4 Å². The molecule has 2 unspecified atom stereocenters. The van der Waals surface area contributed by atoms with Crippen LogP contribution in [0.15, 0.2) is 58.4 Å². The van der Waals surface area contributed by atoms with E-state index in [4.69, 9.17) is 14.9 Å². The van der Waals surface area contributed by atoms with Crippen LogP contribution in [-0.4, -0.2) is 64.0 Å². The lowest BCUT2D eigenvalue weighted by atomic mass is 9.92. The van der Waals surface area contributed by atoms with Crippen LogP contribution in [-0.2, 0) is 42.2 Å². The molecule has 252 valence electrons. The highest BCUT2D eigenvalue weighted by Crippen LogP contribution is 2.32. The highest BCUT2D eigenvalue weighted by atomic mass is 32.2. The summed E-state index contributed by atoms with van der Waals surface area (Å²) in [5.74, 6) is -2.92. The monoisotopic (exact) mass is 698 g/mol. The number of carboxylic acids is 1. The average Bonchev–Trinajstić information content (AvgIpc) is 3.51. The normalized spacial score (nSPS) is 23.2. The van der Waals surface area contributed by atoms with Gasteiger partial charge in [-0.15, -0.1) is 0 Å². The molecule has 1 amide bonds. The van der Waals surface area contributed by atoms with E-state index in [0.717, 1.165) is 43.9 Å². The molecule has 0 spiro atoms. The van der Waals surface area contributed by atoms with Crippen molar-refractivity contribution in [3.63, 3.8) is 0 Å². The number of benzene rings is 2. The maximum atomic E-state index is 13.2. The molecule has 2 aromatic carbocycles. The quantitative estimate of drug-likeness (QED) is 0.319. The van der Waals surface area contributed by atoms with Gasteiger partial charge in [-0.1, -0.05) is 43.2 Å². The zero-order valence-corrected chi connectivity index (χ0v) is 25.2. The molecule has 5 rings (SSSR count). The zero-order valence-electron chi connectivity index (χ0n) is 23.6. The largest absolute Gasteiger partial charge is 0.490 e. The van der Waals surface area contributed by atoms with E-state index in [1.807, 2.05) is 4.72 Å². The Morgan fingerprint density at radius 1 is 1.04 bits per heavy atom. The van der Waals surface area contributed by atoms with Gasteiger partial charge in [-0.25, -0.2) is 26.4 Å². The summed E-state index contributed by atoms with van der Waals surface area (Å²) in [6.07, 6.45) is -6.12. The van der Waals surface area contributed by atoms with Crippen molar-refractivity contribution < 1.29 is 57.9 Å². The van der Waals surface area contributed by atoms with E-state index in [1.165, 1.54) is 0 Å². The van der Waals surface area contributed by atoms with E-state index in [2.05, 4.69) is 10.0 Å². The molecule has 46 heavy (non-hydrogen) atoms. The lowest BCUT2D eigenvalue weighted by molar-refractivity contribution is -0.192. The second kappa shape index (κ2) is 13.2. The number of aliphatic imine (C=N–C) groups is 1. The molecule has 0 bridgehead atoms. The smallest absolute Gasteiger partial charge is 0.475 e. The summed E-state index contributed by atoms with van der Waals surface area (Å²) >= 11 is 0. The van der Waals surface area contributed by atoms with Gasteiger partial charge in [0.2, 0.25) is 26.0 Å². The van der Waals surface area contributed by atoms with E-state index in [-0.39, 0.29) is 24.9 Å². The third-order valence-corrected chi connectivity index (χ3v) is 10.7. The van der Waals surface area contributed by atoms with Gasteiger partial charge >= 0.3 is 18.3 Å². The Morgan fingerprint density at radius 2 is 1.67 bits per heavy atom. The van der Waals surface area contributed by atoms with Gasteiger partial charge in [-0.3, -0.25) is 14.5 Å². The highest BCUT2D eigenvalue weighted by molar-refractivity contribution is 7.90. The Balaban J connectivity index is 0.000000617. The molecule has 11 nitrogen and oxygen atoms in total. The predicted octanol–water partition coefficient (Wildman–Crippen LogP) is 3.43. The van der Waals surface area contributed by atoms with Crippen molar-refractivity contribution in [3.8, 4) is 0 Å². The van der Waals surface area contributed by atoms with Crippen LogP contribution in [0.2, 0.25) is 0 Å². The number of sulfonamides is 2. The molecule has 4 atom stereocenters. The minimum Gasteiger partial charge on any atom is -0.475 e. The Labute approximate surface area is 259 Å². The Hall–Kier alpha value is -3.71. The second-order valence-electron chi connectivity index (χ2n) is 10.8. The molecular weight excluding hydrogens is 670 g/mol. The lowest BCUT2D eigenvalue weighted by Gasteiger charge is -2.24. The number of nitrogens with one attached hydrogen (secondary N) is 3. The molecule has 1 saturated heterocycles. The number of amides is 1. The molecule has 0 radical (unpaired) electrons. The number of hydrogen-bond acceptors (Lipinski definition) is 8. The topological polar surface area (TPSA) is 171 Å². The van der Waals surface area contributed by atoms with E-state index < -0.39 is 66.0 Å². The Bertz CT molecular complexity index is 1710. The van der Waals surface area contributed by atoms with Gasteiger partial charge in [0.15, 0.2) is 0 Å². The number of carbonyl (C=O) groups is 2. The molecule has 2 fully saturated rings. The number of aliphatic carboxylic acids is 1. The van der Waals surface area contributed by atoms with E-state index in [1.54, 1.807) is 24.3 Å². The number of rotatable bonds is 7. The van der Waals surface area contributed by atoms with Crippen LogP contribution in [0.3, 0.4) is 0 Å². The summed E-state index contributed by atoms with van der Waals surface area (Å²) in [5.41, 5.74) is -0.0141. The number of halogens is 6. The fraction of sp³-hybridized carbons (Fsp3) is 0.444. The number of alkyl halides is 6. The molecule has 4 N–H and O–H groups in total. The Morgan fingerprint density at radius 3 is 2.22 bits per heavy atom. The molecule has 2 heterocycles. The number of nitrogens with zero attached hydrogens (tertiary/aromatic N) is 1. The van der Waals surface area contributed by atoms with E-state index in [0.29, 0.717) is 23.0 Å². The van der Waals surface area contributed by atoms with Crippen LogP contribution in [0, 0.1) is 0 Å². The van der Waals surface area contributed by atoms with Crippen molar-refractivity contribution in [2.24, 2.45) is 4.99 Å². The number of amidine groups is 1. The van der Waals surface area contributed by atoms with Crippen LogP contribution >= 0.6 is 0 Å². The number of carbonyl (C=O) groups excluding carboxylic acids is 1. The fourth-order valence-corrected chi connectivity index (χ4v) is 7.94. The number of hydrogen-bond donors (Lipinski definition) is 4. The van der Waals surface area contributed by atoms with Crippen molar-refractivity contribution in [1.29, 1.82) is 0 Å². The molecule has 2 aromatic rings. The van der Waals surface area contributed by atoms with E-state index >= 15 is 0 Å². The minimum atomic E-state index is -5.08. The summed E-state index contributed by atoms with van der Waals surface area (Å²) in [7, 11) is -8.19. The highest BCUT2D eigenvalue weighted by Gasteiger charge is 2.39. The maximum Gasteiger partial charge on any atom is 0.490 e. The first-order chi connectivity index (χ1) is 21.3. The van der Waals surface area contributed by atoms with Gasteiger partial charge in [-0.05, 0) is 48.6 Å². The minimum absolute atomic E-state index is 0.00528. The Kier molecular flexibility index (Phi) is 10.1. The second-order valence-corrected chi connectivity index (χ2v) is 14.4. The third kappa shape index (κ3) is 8.55. The standard InChI is InChI=1S/C25H27F3N4O5S2.C2HF3O2/c26-25(27,28)17-4-3-5-18(13-17)38(34,35)31-21(24-29-19-6-1-2-7-20(19)30-24)12-15-8-10-16(11-9-15)22-14-23(33)32-39(22,36)37;3-2(4,5)1(6)7/h3-5,8-11,13,19-22,31H,1-2,6-7,12,14H2,(H,29,30)(H,32,33);(H,6,7)/t19-,20+,21?,22?;. The van der Waals surface area contributed by atoms with Crippen LogP contribution in [0.4, 0.5) is 26.3 Å². The van der Waals surface area contributed by atoms with Crippen molar-refractivity contribution in [3.05, 3.63) is 65.2 Å². The summed E-state index contributed by atoms with van der Waals surface area (Å²) in [6.45, 7) is 0. The zero-order chi connectivity index (χ0) is 34.1. The van der Waals surface area contributed by atoms with Crippen molar-refractivity contribution >= 4 is 37.8 Å². The van der Waals surface area contributed by atoms with Gasteiger partial charge in [0.1, 0.15) is 11.1 Å². The molecule has 2 aliphatic heterocycles. The van der Waals surface area contributed by atoms with Gasteiger partial charge in [0.25, 0.3) is 0 Å². The van der Waals surface area contributed by atoms with E-state index in [9.17, 15) is 48.0 Å². The van der Waals surface area contributed by atoms with Crippen molar-refractivity contribution in [2.75, 3.05) is 0 Å². The summed E-state index contributed by atoms with van der Waals surface area (Å²) < 4.78 is 127.